The van der Waals surface area contributed by atoms with E-state index in [4.69, 9.17) is 9.47 Å². The van der Waals surface area contributed by atoms with Gasteiger partial charge in [-0.05, 0) is 26.8 Å². The summed E-state index contributed by atoms with van der Waals surface area (Å²) in [7, 11) is 0. The third-order valence-electron chi connectivity index (χ3n) is 1.97. The summed E-state index contributed by atoms with van der Waals surface area (Å²) >= 11 is 0. The van der Waals surface area contributed by atoms with E-state index in [9.17, 15) is 5.11 Å². The molecule has 1 aromatic rings. The standard InChI is InChI=1S/C12H19NO3/c1-4-15-8-12(14)10-5-11(7-13-6-10)16-9(2)3/h5-7,9,12,14H,4,8H2,1-3H3. The largest absolute Gasteiger partial charge is 0.489 e. The summed E-state index contributed by atoms with van der Waals surface area (Å²) in [5.74, 6) is 0.669. The van der Waals surface area contributed by atoms with Crippen molar-refractivity contribution in [3.63, 3.8) is 0 Å². The van der Waals surface area contributed by atoms with Gasteiger partial charge in [-0.2, -0.15) is 0 Å². The number of rotatable bonds is 6. The molecule has 1 aromatic heterocycles. The zero-order valence-electron chi connectivity index (χ0n) is 10.0. The lowest BCUT2D eigenvalue weighted by Gasteiger charge is -2.13. The average Bonchev–Trinajstić information content (AvgIpc) is 2.25. The van der Waals surface area contributed by atoms with Crippen LogP contribution < -0.4 is 4.74 Å². The second-order valence-electron chi connectivity index (χ2n) is 3.80. The van der Waals surface area contributed by atoms with Gasteiger partial charge in [-0.25, -0.2) is 0 Å². The van der Waals surface area contributed by atoms with Gasteiger partial charge in [-0.15, -0.1) is 0 Å². The molecule has 0 aliphatic carbocycles. The van der Waals surface area contributed by atoms with Gasteiger partial charge in [0, 0.05) is 18.4 Å². The summed E-state index contributed by atoms with van der Waals surface area (Å²) in [4.78, 5) is 4.03. The average molecular weight is 225 g/mol. The lowest BCUT2D eigenvalue weighted by atomic mass is 10.2. The minimum Gasteiger partial charge on any atom is -0.489 e. The van der Waals surface area contributed by atoms with Crippen molar-refractivity contribution < 1.29 is 14.6 Å². The van der Waals surface area contributed by atoms with Crippen molar-refractivity contribution in [3.8, 4) is 5.75 Å². The molecule has 90 valence electrons. The fourth-order valence-electron chi connectivity index (χ4n) is 1.28. The molecule has 0 bridgehead atoms. The molecular weight excluding hydrogens is 206 g/mol. The second-order valence-corrected chi connectivity index (χ2v) is 3.80. The summed E-state index contributed by atoms with van der Waals surface area (Å²) in [6, 6.07) is 1.79. The predicted octanol–water partition coefficient (Wildman–Crippen LogP) is 1.94. The molecule has 0 spiro atoms. The fourth-order valence-corrected chi connectivity index (χ4v) is 1.28. The highest BCUT2D eigenvalue weighted by Gasteiger charge is 2.09. The van der Waals surface area contributed by atoms with Crippen LogP contribution in [0.5, 0.6) is 5.75 Å². The van der Waals surface area contributed by atoms with Crippen LogP contribution in [0.3, 0.4) is 0 Å². The Morgan fingerprint density at radius 3 is 2.75 bits per heavy atom. The monoisotopic (exact) mass is 225 g/mol. The van der Waals surface area contributed by atoms with Gasteiger partial charge >= 0.3 is 0 Å². The summed E-state index contributed by atoms with van der Waals surface area (Å²) < 4.78 is 10.6. The minimum atomic E-state index is -0.650. The smallest absolute Gasteiger partial charge is 0.138 e. The first kappa shape index (κ1) is 12.9. The molecule has 1 N–H and O–H groups in total. The molecule has 0 fully saturated rings. The van der Waals surface area contributed by atoms with Gasteiger partial charge in [0.05, 0.1) is 18.9 Å². The number of pyridine rings is 1. The van der Waals surface area contributed by atoms with Crippen LogP contribution in [0, 0.1) is 0 Å². The Balaban J connectivity index is 2.65. The van der Waals surface area contributed by atoms with Crippen molar-refractivity contribution >= 4 is 0 Å². The Hall–Kier alpha value is -1.13. The van der Waals surface area contributed by atoms with Crippen LogP contribution in [0.2, 0.25) is 0 Å². The van der Waals surface area contributed by atoms with E-state index in [2.05, 4.69) is 4.98 Å². The van der Waals surface area contributed by atoms with Crippen LogP contribution in [-0.4, -0.2) is 29.4 Å². The summed E-state index contributed by atoms with van der Waals surface area (Å²) in [6.45, 7) is 6.66. The van der Waals surface area contributed by atoms with E-state index in [1.807, 2.05) is 20.8 Å². The Morgan fingerprint density at radius 1 is 1.38 bits per heavy atom. The van der Waals surface area contributed by atoms with Crippen LogP contribution in [0.25, 0.3) is 0 Å². The zero-order chi connectivity index (χ0) is 12.0. The number of aromatic nitrogens is 1. The van der Waals surface area contributed by atoms with Gasteiger partial charge in [0.2, 0.25) is 0 Å². The van der Waals surface area contributed by atoms with Gasteiger partial charge in [0.15, 0.2) is 0 Å². The lowest BCUT2D eigenvalue weighted by Crippen LogP contribution is -2.09. The normalized spacial score (nSPS) is 12.8. The summed E-state index contributed by atoms with van der Waals surface area (Å²) in [5, 5.41) is 9.79. The van der Waals surface area contributed by atoms with Crippen LogP contribution in [0.4, 0.5) is 0 Å². The number of hydrogen-bond donors (Lipinski definition) is 1. The minimum absolute atomic E-state index is 0.0982. The molecule has 1 atom stereocenters. The van der Waals surface area contributed by atoms with E-state index in [1.165, 1.54) is 0 Å². The summed E-state index contributed by atoms with van der Waals surface area (Å²) in [6.07, 6.45) is 2.71. The third-order valence-corrected chi connectivity index (χ3v) is 1.97. The molecular formula is C12H19NO3. The molecule has 0 aromatic carbocycles. The van der Waals surface area contributed by atoms with E-state index in [0.29, 0.717) is 17.9 Å². The van der Waals surface area contributed by atoms with Crippen molar-refractivity contribution in [2.24, 2.45) is 0 Å². The van der Waals surface area contributed by atoms with E-state index < -0.39 is 6.10 Å². The first-order chi connectivity index (χ1) is 7.63. The highest BCUT2D eigenvalue weighted by atomic mass is 16.5. The topological polar surface area (TPSA) is 51.6 Å². The Labute approximate surface area is 96.2 Å². The molecule has 0 aliphatic rings. The van der Waals surface area contributed by atoms with Gasteiger partial charge in [0.25, 0.3) is 0 Å². The molecule has 4 heteroatoms. The Kier molecular flexibility index (Phi) is 5.22. The second kappa shape index (κ2) is 6.45. The Bertz CT molecular complexity index is 315. The number of nitrogens with zero attached hydrogens (tertiary/aromatic N) is 1. The number of aliphatic hydroxyl groups is 1. The first-order valence-corrected chi connectivity index (χ1v) is 5.51. The molecule has 0 radical (unpaired) electrons. The van der Waals surface area contributed by atoms with Crippen molar-refractivity contribution in [1.29, 1.82) is 0 Å². The van der Waals surface area contributed by atoms with Gasteiger partial charge < -0.3 is 14.6 Å². The van der Waals surface area contributed by atoms with Crippen LogP contribution >= 0.6 is 0 Å². The third kappa shape index (κ3) is 4.16. The van der Waals surface area contributed by atoms with Crippen molar-refractivity contribution in [2.75, 3.05) is 13.2 Å². The summed E-state index contributed by atoms with van der Waals surface area (Å²) in [5.41, 5.74) is 0.714. The van der Waals surface area contributed by atoms with Gasteiger partial charge in [0.1, 0.15) is 11.9 Å². The predicted molar refractivity (Wildman–Crippen MR) is 61.5 cm³/mol. The zero-order valence-corrected chi connectivity index (χ0v) is 10.0. The van der Waals surface area contributed by atoms with Crippen molar-refractivity contribution in [2.45, 2.75) is 33.0 Å². The lowest BCUT2D eigenvalue weighted by molar-refractivity contribution is 0.0416. The molecule has 16 heavy (non-hydrogen) atoms. The maximum atomic E-state index is 9.79. The molecule has 0 aliphatic heterocycles. The maximum absolute atomic E-state index is 9.79. The van der Waals surface area contributed by atoms with E-state index in [0.717, 1.165) is 0 Å². The molecule has 1 unspecified atom stereocenters. The molecule has 1 rings (SSSR count). The molecule has 0 amide bonds. The fraction of sp³-hybridized carbons (Fsp3) is 0.583. The van der Waals surface area contributed by atoms with Crippen molar-refractivity contribution in [1.82, 2.24) is 4.98 Å². The van der Waals surface area contributed by atoms with Gasteiger partial charge in [-0.3, -0.25) is 4.98 Å². The quantitative estimate of drug-likeness (QED) is 0.803. The first-order valence-electron chi connectivity index (χ1n) is 5.51. The molecule has 0 saturated carbocycles. The highest BCUT2D eigenvalue weighted by molar-refractivity contribution is 5.25. The molecule has 1 heterocycles. The Morgan fingerprint density at radius 2 is 2.12 bits per heavy atom. The number of hydrogen-bond acceptors (Lipinski definition) is 4. The van der Waals surface area contributed by atoms with Crippen LogP contribution in [-0.2, 0) is 4.74 Å². The van der Waals surface area contributed by atoms with E-state index in [-0.39, 0.29) is 12.7 Å². The SMILES string of the molecule is CCOCC(O)c1cncc(OC(C)C)c1. The van der Waals surface area contributed by atoms with Gasteiger partial charge in [-0.1, -0.05) is 0 Å². The van der Waals surface area contributed by atoms with E-state index >= 15 is 0 Å². The molecule has 4 nitrogen and oxygen atoms in total. The maximum Gasteiger partial charge on any atom is 0.138 e. The number of ether oxygens (including phenoxy) is 2. The van der Waals surface area contributed by atoms with E-state index in [1.54, 1.807) is 18.5 Å². The van der Waals surface area contributed by atoms with Crippen molar-refractivity contribution in [3.05, 3.63) is 24.0 Å². The van der Waals surface area contributed by atoms with Crippen LogP contribution in [0.15, 0.2) is 18.5 Å². The number of aliphatic hydroxyl groups excluding tert-OH is 1. The highest BCUT2D eigenvalue weighted by Crippen LogP contribution is 2.18. The van der Waals surface area contributed by atoms with Crippen LogP contribution in [0.1, 0.15) is 32.4 Å². The molecule has 0 saturated heterocycles.